The molecule has 0 aliphatic carbocycles. The molecular formula is C27H31BrN6O. The molecule has 0 bridgehead atoms. The van der Waals surface area contributed by atoms with Gasteiger partial charge < -0.3 is 10.6 Å². The number of nitrogen functional groups attached to an aromatic ring is 1. The van der Waals surface area contributed by atoms with E-state index in [0.29, 0.717) is 23.8 Å². The molecule has 0 saturated heterocycles. The van der Waals surface area contributed by atoms with E-state index in [1.807, 2.05) is 67.5 Å². The molecule has 4 aromatic rings. The minimum absolute atomic E-state index is 0.195. The summed E-state index contributed by atoms with van der Waals surface area (Å²) >= 11 is 3.63. The number of hydrogen-bond donors (Lipinski definition) is 1. The fourth-order valence-electron chi connectivity index (χ4n) is 4.09. The first-order valence-electron chi connectivity index (χ1n) is 12.0. The van der Waals surface area contributed by atoms with Crippen molar-refractivity contribution in [1.29, 1.82) is 0 Å². The molecule has 0 aliphatic rings. The summed E-state index contributed by atoms with van der Waals surface area (Å²) in [7, 11) is 1.87. The van der Waals surface area contributed by atoms with E-state index < -0.39 is 0 Å². The maximum Gasteiger partial charge on any atom is 0.222 e. The summed E-state index contributed by atoms with van der Waals surface area (Å²) in [6.45, 7) is 4.93. The van der Waals surface area contributed by atoms with E-state index in [4.69, 9.17) is 10.7 Å². The van der Waals surface area contributed by atoms with Gasteiger partial charge in [0.15, 0.2) is 5.65 Å². The largest absolute Gasteiger partial charge is 0.383 e. The highest BCUT2D eigenvalue weighted by Crippen LogP contribution is 2.31. The lowest BCUT2D eigenvalue weighted by atomic mass is 10.0. The standard InChI is InChI=1S/C27H31BrN6O/c1-4-8-24(35)33(3)14-13-18(2)15-23-25(28)26(29)34-27(32-23)21(17-31-34)20-11-12-22(30-16-20)19-9-6-5-7-10-19/h5-7,9-12,16-18H,4,8,13-15,29H2,1-3H3. The zero-order chi connectivity index (χ0) is 24.9. The molecule has 8 heteroatoms. The number of carbonyl (C=O) groups excluding carboxylic acids is 1. The number of aromatic nitrogens is 4. The van der Waals surface area contributed by atoms with Crippen LogP contribution in [-0.4, -0.2) is 44.0 Å². The number of carbonyl (C=O) groups is 1. The minimum atomic E-state index is 0.195. The van der Waals surface area contributed by atoms with Crippen molar-refractivity contribution in [1.82, 2.24) is 24.5 Å². The highest BCUT2D eigenvalue weighted by Gasteiger charge is 2.19. The molecule has 0 aliphatic heterocycles. The molecular weight excluding hydrogens is 504 g/mol. The fraction of sp³-hybridized carbons (Fsp3) is 0.333. The van der Waals surface area contributed by atoms with E-state index >= 15 is 0 Å². The van der Waals surface area contributed by atoms with Crippen molar-refractivity contribution in [2.24, 2.45) is 5.92 Å². The van der Waals surface area contributed by atoms with Crippen LogP contribution in [0.4, 0.5) is 5.82 Å². The molecule has 0 spiro atoms. The third kappa shape index (κ3) is 5.53. The first kappa shape index (κ1) is 24.9. The summed E-state index contributed by atoms with van der Waals surface area (Å²) in [5.41, 5.74) is 11.8. The number of nitrogens with two attached hydrogens (primary N) is 1. The maximum absolute atomic E-state index is 12.1. The molecule has 1 amide bonds. The van der Waals surface area contributed by atoms with E-state index in [0.717, 1.165) is 58.4 Å². The van der Waals surface area contributed by atoms with Crippen molar-refractivity contribution in [2.45, 2.75) is 39.5 Å². The van der Waals surface area contributed by atoms with Gasteiger partial charge in [-0.1, -0.05) is 50.2 Å². The summed E-state index contributed by atoms with van der Waals surface area (Å²) < 4.78 is 2.43. The zero-order valence-corrected chi connectivity index (χ0v) is 22.0. The van der Waals surface area contributed by atoms with Gasteiger partial charge in [-0.2, -0.15) is 9.61 Å². The number of halogens is 1. The first-order valence-corrected chi connectivity index (χ1v) is 12.8. The van der Waals surface area contributed by atoms with Crippen molar-refractivity contribution in [3.8, 4) is 22.4 Å². The number of fused-ring (bicyclic) bond motifs is 1. The van der Waals surface area contributed by atoms with Crippen LogP contribution in [0.25, 0.3) is 28.0 Å². The van der Waals surface area contributed by atoms with Crippen LogP contribution in [0, 0.1) is 5.92 Å². The quantitative estimate of drug-likeness (QED) is 0.300. The number of pyridine rings is 1. The second-order valence-electron chi connectivity index (χ2n) is 9.01. The molecule has 3 aromatic heterocycles. The molecule has 0 fully saturated rings. The second kappa shape index (κ2) is 11.0. The van der Waals surface area contributed by atoms with Gasteiger partial charge in [0.25, 0.3) is 0 Å². The summed E-state index contributed by atoms with van der Waals surface area (Å²) in [6, 6.07) is 14.1. The number of anilines is 1. The van der Waals surface area contributed by atoms with Gasteiger partial charge >= 0.3 is 0 Å². The van der Waals surface area contributed by atoms with Gasteiger partial charge in [0.05, 0.1) is 22.1 Å². The van der Waals surface area contributed by atoms with E-state index in [-0.39, 0.29) is 5.91 Å². The van der Waals surface area contributed by atoms with Gasteiger partial charge in [0.2, 0.25) is 5.91 Å². The zero-order valence-electron chi connectivity index (χ0n) is 20.4. The Morgan fingerprint density at radius 3 is 2.60 bits per heavy atom. The Labute approximate surface area is 214 Å². The lowest BCUT2D eigenvalue weighted by Crippen LogP contribution is -2.28. The summed E-state index contributed by atoms with van der Waals surface area (Å²) in [5.74, 6) is 1.05. The fourth-order valence-corrected chi connectivity index (χ4v) is 4.51. The second-order valence-corrected chi connectivity index (χ2v) is 9.81. The molecule has 1 unspecified atom stereocenters. The average molecular weight is 535 g/mol. The number of nitrogens with zero attached hydrogens (tertiary/aromatic N) is 5. The Morgan fingerprint density at radius 2 is 1.91 bits per heavy atom. The van der Waals surface area contributed by atoms with Crippen LogP contribution < -0.4 is 5.73 Å². The van der Waals surface area contributed by atoms with Gasteiger partial charge in [-0.15, -0.1) is 0 Å². The van der Waals surface area contributed by atoms with Gasteiger partial charge in [0, 0.05) is 42.9 Å². The molecule has 182 valence electrons. The number of rotatable bonds is 9. The monoisotopic (exact) mass is 534 g/mol. The van der Waals surface area contributed by atoms with Crippen molar-refractivity contribution in [3.05, 3.63) is 65.0 Å². The highest BCUT2D eigenvalue weighted by atomic mass is 79.9. The summed E-state index contributed by atoms with van der Waals surface area (Å²) in [6.07, 6.45) is 6.73. The Bertz CT molecular complexity index is 1300. The predicted octanol–water partition coefficient (Wildman–Crippen LogP) is 5.63. The summed E-state index contributed by atoms with van der Waals surface area (Å²) in [4.78, 5) is 23.5. The van der Waals surface area contributed by atoms with Crippen molar-refractivity contribution < 1.29 is 4.79 Å². The van der Waals surface area contributed by atoms with Crippen LogP contribution in [0.5, 0.6) is 0 Å². The topological polar surface area (TPSA) is 89.4 Å². The van der Waals surface area contributed by atoms with Gasteiger partial charge in [-0.3, -0.25) is 9.78 Å². The maximum atomic E-state index is 12.1. The van der Waals surface area contributed by atoms with E-state index in [1.165, 1.54) is 0 Å². The number of benzene rings is 1. The Kier molecular flexibility index (Phi) is 7.80. The van der Waals surface area contributed by atoms with Crippen LogP contribution in [0.1, 0.15) is 38.8 Å². The molecule has 0 radical (unpaired) electrons. The molecule has 3 heterocycles. The van der Waals surface area contributed by atoms with Gasteiger partial charge in [0.1, 0.15) is 5.82 Å². The molecule has 1 aromatic carbocycles. The van der Waals surface area contributed by atoms with Crippen LogP contribution in [0.2, 0.25) is 0 Å². The van der Waals surface area contributed by atoms with E-state index in [9.17, 15) is 4.79 Å². The number of hydrogen-bond acceptors (Lipinski definition) is 5. The number of amides is 1. The van der Waals surface area contributed by atoms with Crippen molar-refractivity contribution >= 4 is 33.3 Å². The van der Waals surface area contributed by atoms with Crippen LogP contribution in [0.3, 0.4) is 0 Å². The summed E-state index contributed by atoms with van der Waals surface area (Å²) in [5, 5.41) is 4.48. The normalized spacial score (nSPS) is 12.1. The van der Waals surface area contributed by atoms with E-state index in [1.54, 1.807) is 10.7 Å². The smallest absolute Gasteiger partial charge is 0.222 e. The van der Waals surface area contributed by atoms with Crippen molar-refractivity contribution in [3.63, 3.8) is 0 Å². The molecule has 7 nitrogen and oxygen atoms in total. The minimum Gasteiger partial charge on any atom is -0.383 e. The third-order valence-corrected chi connectivity index (χ3v) is 7.09. The van der Waals surface area contributed by atoms with E-state index in [2.05, 4.69) is 32.9 Å². The Balaban J connectivity index is 1.56. The lowest BCUT2D eigenvalue weighted by molar-refractivity contribution is -0.130. The van der Waals surface area contributed by atoms with Gasteiger partial charge in [-0.25, -0.2) is 4.98 Å². The molecule has 35 heavy (non-hydrogen) atoms. The van der Waals surface area contributed by atoms with Crippen LogP contribution >= 0.6 is 15.9 Å². The third-order valence-electron chi connectivity index (χ3n) is 6.22. The highest BCUT2D eigenvalue weighted by molar-refractivity contribution is 9.10. The Hall–Kier alpha value is -3.26. The predicted molar refractivity (Wildman–Crippen MR) is 144 cm³/mol. The molecule has 0 saturated carbocycles. The lowest BCUT2D eigenvalue weighted by Gasteiger charge is -2.20. The average Bonchev–Trinajstić information content (AvgIpc) is 3.30. The molecule has 4 rings (SSSR count). The van der Waals surface area contributed by atoms with Crippen LogP contribution in [0.15, 0.2) is 59.3 Å². The van der Waals surface area contributed by atoms with Gasteiger partial charge in [-0.05, 0) is 47.2 Å². The van der Waals surface area contributed by atoms with Crippen molar-refractivity contribution in [2.75, 3.05) is 19.3 Å². The van der Waals surface area contributed by atoms with Crippen LogP contribution in [-0.2, 0) is 11.2 Å². The SMILES string of the molecule is CCCC(=O)N(C)CCC(C)Cc1nc2c(-c3ccc(-c4ccccc4)nc3)cnn2c(N)c1Br. The Morgan fingerprint density at radius 1 is 1.14 bits per heavy atom. The first-order chi connectivity index (χ1) is 16.9. The molecule has 1 atom stereocenters. The molecule has 2 N–H and O–H groups in total.